The lowest BCUT2D eigenvalue weighted by Gasteiger charge is -2.15. The number of carboxylic acid groups (broad SMARTS) is 1. The molecule has 1 atom stereocenters. The highest BCUT2D eigenvalue weighted by molar-refractivity contribution is 6.00. The van der Waals surface area contributed by atoms with Gasteiger partial charge in [0.05, 0.1) is 18.4 Å². The Labute approximate surface area is 190 Å². The molecule has 1 aliphatic rings. The van der Waals surface area contributed by atoms with Crippen molar-refractivity contribution in [1.29, 1.82) is 0 Å². The molecule has 1 heterocycles. The number of ether oxygens (including phenoxy) is 1. The van der Waals surface area contributed by atoms with Gasteiger partial charge in [0.2, 0.25) is 5.76 Å². The summed E-state index contributed by atoms with van der Waals surface area (Å²) in [5.41, 5.74) is 4.60. The Morgan fingerprint density at radius 3 is 2.27 bits per heavy atom. The van der Waals surface area contributed by atoms with Crippen molar-refractivity contribution in [3.05, 3.63) is 77.7 Å². The van der Waals surface area contributed by atoms with Gasteiger partial charge in [0.1, 0.15) is 6.61 Å². The Morgan fingerprint density at radius 2 is 1.67 bits per heavy atom. The Kier molecular flexibility index (Phi) is 6.44. The molecule has 0 saturated heterocycles. The zero-order valence-corrected chi connectivity index (χ0v) is 18.0. The summed E-state index contributed by atoms with van der Waals surface area (Å²) in [6.07, 6.45) is 0.780. The van der Waals surface area contributed by atoms with Gasteiger partial charge in [-0.1, -0.05) is 55.5 Å². The molecule has 0 aliphatic heterocycles. The maximum atomic E-state index is 12.5. The maximum absolute atomic E-state index is 12.5. The summed E-state index contributed by atoms with van der Waals surface area (Å²) in [7, 11) is 0. The molecule has 0 saturated carbocycles. The molecule has 1 aliphatic carbocycles. The van der Waals surface area contributed by atoms with Crippen molar-refractivity contribution in [1.82, 2.24) is 5.32 Å². The Bertz CT molecular complexity index is 1140. The summed E-state index contributed by atoms with van der Waals surface area (Å²) in [6.45, 7) is 1.90. The SMILES string of the molecule is CC[C@@H](CC(=O)O)NC(=O)c1occc1NC(=O)OCC1c2ccccc2-c2ccccc21. The number of nitrogens with one attached hydrogen (secondary N) is 2. The summed E-state index contributed by atoms with van der Waals surface area (Å²) < 4.78 is 10.7. The first kappa shape index (κ1) is 22.1. The summed E-state index contributed by atoms with van der Waals surface area (Å²) in [6, 6.07) is 16.9. The molecule has 4 rings (SSSR count). The highest BCUT2D eigenvalue weighted by Gasteiger charge is 2.29. The normalized spacial score (nSPS) is 13.0. The van der Waals surface area contributed by atoms with Crippen LogP contribution in [0.3, 0.4) is 0 Å². The number of amides is 2. The molecule has 0 unspecified atom stereocenters. The number of hydrogen-bond donors (Lipinski definition) is 3. The molecule has 0 bridgehead atoms. The summed E-state index contributed by atoms with van der Waals surface area (Å²) in [5, 5.41) is 14.1. The molecule has 1 aromatic heterocycles. The number of rotatable bonds is 8. The molecular weight excluding hydrogens is 424 g/mol. The Balaban J connectivity index is 1.40. The van der Waals surface area contributed by atoms with Crippen LogP contribution in [0, 0.1) is 0 Å². The number of carbonyl (C=O) groups is 3. The topological polar surface area (TPSA) is 118 Å². The average molecular weight is 448 g/mol. The number of fused-ring (bicyclic) bond motifs is 3. The third kappa shape index (κ3) is 4.74. The fourth-order valence-electron chi connectivity index (χ4n) is 4.09. The first-order valence-electron chi connectivity index (χ1n) is 10.7. The lowest BCUT2D eigenvalue weighted by molar-refractivity contribution is -0.137. The van der Waals surface area contributed by atoms with Crippen LogP contribution in [0.25, 0.3) is 11.1 Å². The highest BCUT2D eigenvalue weighted by Crippen LogP contribution is 2.44. The van der Waals surface area contributed by atoms with E-state index in [9.17, 15) is 14.4 Å². The zero-order chi connectivity index (χ0) is 23.4. The van der Waals surface area contributed by atoms with Gasteiger partial charge in [-0.25, -0.2) is 4.79 Å². The van der Waals surface area contributed by atoms with Crippen LogP contribution in [0.1, 0.15) is 47.4 Å². The van der Waals surface area contributed by atoms with Crippen LogP contribution in [0.4, 0.5) is 10.5 Å². The second-order valence-corrected chi connectivity index (χ2v) is 7.79. The van der Waals surface area contributed by atoms with E-state index >= 15 is 0 Å². The fourth-order valence-corrected chi connectivity index (χ4v) is 4.09. The molecule has 0 radical (unpaired) electrons. The van der Waals surface area contributed by atoms with E-state index in [1.165, 1.54) is 12.3 Å². The molecule has 170 valence electrons. The van der Waals surface area contributed by atoms with Crippen LogP contribution < -0.4 is 10.6 Å². The van der Waals surface area contributed by atoms with Crippen molar-refractivity contribution < 1.29 is 28.6 Å². The fraction of sp³-hybridized carbons (Fsp3) is 0.240. The maximum Gasteiger partial charge on any atom is 0.411 e. The van der Waals surface area contributed by atoms with Crippen LogP contribution in [0.5, 0.6) is 0 Å². The third-order valence-corrected chi connectivity index (χ3v) is 5.70. The van der Waals surface area contributed by atoms with Crippen LogP contribution in [-0.2, 0) is 9.53 Å². The van der Waals surface area contributed by atoms with E-state index in [1.54, 1.807) is 6.92 Å². The Hall–Kier alpha value is -4.07. The van der Waals surface area contributed by atoms with Crippen LogP contribution in [-0.4, -0.2) is 35.7 Å². The largest absolute Gasteiger partial charge is 0.481 e. The predicted octanol–water partition coefficient (Wildman–Crippen LogP) is 4.62. The van der Waals surface area contributed by atoms with Gasteiger partial charge in [0, 0.05) is 18.0 Å². The van der Waals surface area contributed by atoms with E-state index in [2.05, 4.69) is 22.8 Å². The van der Waals surface area contributed by atoms with Gasteiger partial charge in [0.25, 0.3) is 5.91 Å². The van der Waals surface area contributed by atoms with Gasteiger partial charge in [-0.15, -0.1) is 0 Å². The number of carbonyl (C=O) groups excluding carboxylic acids is 2. The van der Waals surface area contributed by atoms with Gasteiger partial charge in [-0.2, -0.15) is 0 Å². The molecule has 0 fully saturated rings. The summed E-state index contributed by atoms with van der Waals surface area (Å²) in [5.74, 6) is -1.83. The number of carboxylic acids is 1. The molecule has 2 amide bonds. The zero-order valence-electron chi connectivity index (χ0n) is 18.0. The third-order valence-electron chi connectivity index (χ3n) is 5.70. The second kappa shape index (κ2) is 9.60. The molecule has 0 spiro atoms. The molecule has 33 heavy (non-hydrogen) atoms. The lowest BCUT2D eigenvalue weighted by Crippen LogP contribution is -2.36. The van der Waals surface area contributed by atoms with Crippen LogP contribution >= 0.6 is 0 Å². The van der Waals surface area contributed by atoms with E-state index in [-0.39, 0.29) is 30.4 Å². The van der Waals surface area contributed by atoms with E-state index in [1.807, 2.05) is 36.4 Å². The quantitative estimate of drug-likeness (QED) is 0.463. The van der Waals surface area contributed by atoms with Crippen LogP contribution in [0.15, 0.2) is 65.3 Å². The minimum absolute atomic E-state index is 0.0865. The van der Waals surface area contributed by atoms with E-state index in [0.717, 1.165) is 22.3 Å². The van der Waals surface area contributed by atoms with E-state index < -0.39 is 24.0 Å². The van der Waals surface area contributed by atoms with Crippen molar-refractivity contribution in [2.24, 2.45) is 0 Å². The van der Waals surface area contributed by atoms with Crippen molar-refractivity contribution in [2.45, 2.75) is 31.7 Å². The Morgan fingerprint density at radius 1 is 1.03 bits per heavy atom. The van der Waals surface area contributed by atoms with Crippen molar-refractivity contribution in [2.75, 3.05) is 11.9 Å². The second-order valence-electron chi connectivity index (χ2n) is 7.79. The van der Waals surface area contributed by atoms with Crippen molar-refractivity contribution >= 4 is 23.7 Å². The molecule has 2 aromatic carbocycles. The predicted molar refractivity (Wildman–Crippen MR) is 121 cm³/mol. The van der Waals surface area contributed by atoms with Crippen molar-refractivity contribution in [3.63, 3.8) is 0 Å². The number of benzene rings is 2. The van der Waals surface area contributed by atoms with E-state index in [4.69, 9.17) is 14.3 Å². The van der Waals surface area contributed by atoms with Crippen molar-refractivity contribution in [3.8, 4) is 11.1 Å². The minimum Gasteiger partial charge on any atom is -0.481 e. The smallest absolute Gasteiger partial charge is 0.411 e. The summed E-state index contributed by atoms with van der Waals surface area (Å²) >= 11 is 0. The van der Waals surface area contributed by atoms with Crippen LogP contribution in [0.2, 0.25) is 0 Å². The van der Waals surface area contributed by atoms with Gasteiger partial charge in [-0.05, 0) is 28.7 Å². The number of hydrogen-bond acceptors (Lipinski definition) is 5. The number of anilines is 1. The molecule has 8 heteroatoms. The van der Waals surface area contributed by atoms with E-state index in [0.29, 0.717) is 6.42 Å². The minimum atomic E-state index is -1.02. The molecule has 8 nitrogen and oxygen atoms in total. The van der Waals surface area contributed by atoms with Gasteiger partial charge >= 0.3 is 12.1 Å². The number of aliphatic carboxylic acids is 1. The van der Waals surface area contributed by atoms with Gasteiger partial charge < -0.3 is 19.6 Å². The number of furan rings is 1. The molecule has 3 N–H and O–H groups in total. The van der Waals surface area contributed by atoms with Gasteiger partial charge in [-0.3, -0.25) is 14.9 Å². The first-order valence-corrected chi connectivity index (χ1v) is 10.7. The monoisotopic (exact) mass is 448 g/mol. The summed E-state index contributed by atoms with van der Waals surface area (Å²) in [4.78, 5) is 36.0. The van der Waals surface area contributed by atoms with Gasteiger partial charge in [0.15, 0.2) is 0 Å². The average Bonchev–Trinajstić information content (AvgIpc) is 3.39. The lowest BCUT2D eigenvalue weighted by atomic mass is 9.98. The molecular formula is C25H24N2O6. The first-order chi connectivity index (χ1) is 16.0. The highest BCUT2D eigenvalue weighted by atomic mass is 16.5. The standard InChI is InChI=1S/C25H24N2O6/c1-2-15(13-22(28)29)26-24(30)23-21(11-12-32-23)27-25(31)33-14-20-18-9-5-3-7-16(18)17-8-4-6-10-19(17)20/h3-12,15,20H,2,13-14H2,1H3,(H,26,30)(H,27,31)(H,28,29)/t15-/m0/s1. The molecule has 3 aromatic rings.